The Balaban J connectivity index is 1.73. The highest BCUT2D eigenvalue weighted by atomic mass is 35.5. The highest BCUT2D eigenvalue weighted by Crippen LogP contribution is 2.18. The third-order valence-electron chi connectivity index (χ3n) is 3.12. The zero-order valence-corrected chi connectivity index (χ0v) is 12.6. The van der Waals surface area contributed by atoms with Gasteiger partial charge in [0, 0.05) is 16.1 Å². The van der Waals surface area contributed by atoms with Gasteiger partial charge in [0.15, 0.2) is 5.82 Å². The van der Waals surface area contributed by atoms with E-state index in [-0.39, 0.29) is 5.91 Å². The molecule has 0 aliphatic rings. The molecule has 0 radical (unpaired) electrons. The monoisotopic (exact) mass is 327 g/mol. The summed E-state index contributed by atoms with van der Waals surface area (Å²) in [7, 11) is 0. The van der Waals surface area contributed by atoms with Crippen LogP contribution in [0.25, 0.3) is 11.4 Å². The molecule has 1 amide bonds. The fourth-order valence-electron chi connectivity index (χ4n) is 1.95. The van der Waals surface area contributed by atoms with E-state index in [1.165, 1.54) is 36.7 Å². The van der Waals surface area contributed by atoms with Gasteiger partial charge in [-0.3, -0.25) is 4.79 Å². The van der Waals surface area contributed by atoms with Gasteiger partial charge in [0.05, 0.1) is 18.1 Å². The molecule has 0 aliphatic heterocycles. The zero-order valence-electron chi connectivity index (χ0n) is 11.8. The lowest BCUT2D eigenvalue weighted by Gasteiger charge is -2.06. The van der Waals surface area contributed by atoms with Crippen molar-refractivity contribution in [2.75, 3.05) is 5.32 Å². The molecule has 0 aliphatic carbocycles. The number of aromatic nitrogens is 2. The molecule has 3 aromatic rings. The summed E-state index contributed by atoms with van der Waals surface area (Å²) < 4.78 is 12.8. The van der Waals surface area contributed by atoms with Crippen LogP contribution in [0.2, 0.25) is 5.02 Å². The van der Waals surface area contributed by atoms with Gasteiger partial charge in [-0.2, -0.15) is 0 Å². The lowest BCUT2D eigenvalue weighted by atomic mass is 10.2. The summed E-state index contributed by atoms with van der Waals surface area (Å²) in [6.45, 7) is 0. The number of anilines is 1. The fraction of sp³-hybridized carbons (Fsp3) is 0. The van der Waals surface area contributed by atoms with Crippen molar-refractivity contribution in [1.82, 2.24) is 9.97 Å². The first-order chi connectivity index (χ1) is 11.1. The van der Waals surface area contributed by atoms with E-state index in [9.17, 15) is 9.18 Å². The molecule has 0 spiro atoms. The van der Waals surface area contributed by atoms with E-state index in [0.717, 1.165) is 5.56 Å². The molecule has 1 aromatic heterocycles. The SMILES string of the molecule is O=C(Nc1cnc(-c2ccc(Cl)cc2)nc1)c1ccc(F)cc1. The fourth-order valence-corrected chi connectivity index (χ4v) is 2.07. The predicted octanol–water partition coefficient (Wildman–Crippen LogP) is 4.19. The Labute approximate surface area is 137 Å². The molecule has 1 heterocycles. The van der Waals surface area contributed by atoms with E-state index < -0.39 is 5.82 Å². The van der Waals surface area contributed by atoms with Crippen molar-refractivity contribution in [3.05, 3.63) is 77.3 Å². The van der Waals surface area contributed by atoms with Gasteiger partial charge in [-0.05, 0) is 48.5 Å². The quantitative estimate of drug-likeness (QED) is 0.784. The average Bonchev–Trinajstić information content (AvgIpc) is 2.57. The molecule has 0 bridgehead atoms. The number of nitrogens with one attached hydrogen (secondary N) is 1. The summed E-state index contributed by atoms with van der Waals surface area (Å²) in [4.78, 5) is 20.4. The van der Waals surface area contributed by atoms with Crippen LogP contribution in [0.3, 0.4) is 0 Å². The smallest absolute Gasteiger partial charge is 0.255 e. The highest BCUT2D eigenvalue weighted by molar-refractivity contribution is 6.30. The summed E-state index contributed by atoms with van der Waals surface area (Å²) in [5, 5.41) is 3.29. The van der Waals surface area contributed by atoms with Gasteiger partial charge in [0.1, 0.15) is 5.82 Å². The Morgan fingerprint density at radius 1 is 0.957 bits per heavy atom. The van der Waals surface area contributed by atoms with Crippen molar-refractivity contribution in [1.29, 1.82) is 0 Å². The minimum absolute atomic E-state index is 0.354. The molecule has 0 saturated carbocycles. The first kappa shape index (κ1) is 15.1. The molecular weight excluding hydrogens is 317 g/mol. The molecular formula is C17H11ClFN3O. The predicted molar refractivity (Wildman–Crippen MR) is 86.8 cm³/mol. The number of carbonyl (C=O) groups is 1. The topological polar surface area (TPSA) is 54.9 Å². The van der Waals surface area contributed by atoms with E-state index in [4.69, 9.17) is 11.6 Å². The number of halogens is 2. The van der Waals surface area contributed by atoms with E-state index in [0.29, 0.717) is 22.1 Å². The Hall–Kier alpha value is -2.79. The molecule has 0 fully saturated rings. The summed E-state index contributed by atoms with van der Waals surface area (Å²) >= 11 is 5.84. The van der Waals surface area contributed by atoms with Crippen LogP contribution in [0, 0.1) is 5.82 Å². The Morgan fingerprint density at radius 3 is 2.17 bits per heavy atom. The second kappa shape index (κ2) is 6.54. The van der Waals surface area contributed by atoms with Crippen LogP contribution in [0.1, 0.15) is 10.4 Å². The molecule has 0 atom stereocenters. The Kier molecular flexibility index (Phi) is 4.30. The zero-order chi connectivity index (χ0) is 16.2. The molecule has 2 aromatic carbocycles. The lowest BCUT2D eigenvalue weighted by Crippen LogP contribution is -2.12. The number of hydrogen-bond donors (Lipinski definition) is 1. The van der Waals surface area contributed by atoms with E-state index in [2.05, 4.69) is 15.3 Å². The summed E-state index contributed by atoms with van der Waals surface area (Å²) in [5.41, 5.74) is 1.64. The largest absolute Gasteiger partial charge is 0.319 e. The van der Waals surface area contributed by atoms with Gasteiger partial charge >= 0.3 is 0 Å². The first-order valence-electron chi connectivity index (χ1n) is 6.77. The van der Waals surface area contributed by atoms with Gasteiger partial charge in [-0.25, -0.2) is 14.4 Å². The maximum Gasteiger partial charge on any atom is 0.255 e. The number of amides is 1. The third-order valence-corrected chi connectivity index (χ3v) is 3.37. The average molecular weight is 328 g/mol. The van der Waals surface area contributed by atoms with Crippen LogP contribution in [0.5, 0.6) is 0 Å². The minimum Gasteiger partial charge on any atom is -0.319 e. The van der Waals surface area contributed by atoms with Crippen molar-refractivity contribution in [3.63, 3.8) is 0 Å². The van der Waals surface area contributed by atoms with Crippen LogP contribution in [-0.2, 0) is 0 Å². The molecule has 114 valence electrons. The van der Waals surface area contributed by atoms with Gasteiger partial charge in [-0.15, -0.1) is 0 Å². The molecule has 0 saturated heterocycles. The molecule has 3 rings (SSSR count). The maximum absolute atomic E-state index is 12.8. The van der Waals surface area contributed by atoms with Gasteiger partial charge in [0.25, 0.3) is 5.91 Å². The van der Waals surface area contributed by atoms with E-state index in [1.54, 1.807) is 12.1 Å². The van der Waals surface area contributed by atoms with Gasteiger partial charge < -0.3 is 5.32 Å². The van der Waals surface area contributed by atoms with Crippen LogP contribution in [-0.4, -0.2) is 15.9 Å². The molecule has 6 heteroatoms. The first-order valence-corrected chi connectivity index (χ1v) is 7.14. The summed E-state index contributed by atoms with van der Waals surface area (Å²) in [6.07, 6.45) is 3.02. The number of benzene rings is 2. The standard InChI is InChI=1S/C17H11ClFN3O/c18-13-5-1-11(2-6-13)16-20-9-15(10-21-16)22-17(23)12-3-7-14(19)8-4-12/h1-10H,(H,22,23). The van der Waals surface area contributed by atoms with Crippen molar-refractivity contribution < 1.29 is 9.18 Å². The lowest BCUT2D eigenvalue weighted by molar-refractivity contribution is 0.102. The van der Waals surface area contributed by atoms with Gasteiger partial charge in [-0.1, -0.05) is 11.6 Å². The molecule has 4 nitrogen and oxygen atoms in total. The molecule has 23 heavy (non-hydrogen) atoms. The number of carbonyl (C=O) groups excluding carboxylic acids is 1. The van der Waals surface area contributed by atoms with Gasteiger partial charge in [0.2, 0.25) is 0 Å². The summed E-state index contributed by atoms with van der Waals surface area (Å²) in [6, 6.07) is 12.4. The van der Waals surface area contributed by atoms with Crippen molar-refractivity contribution in [3.8, 4) is 11.4 Å². The Morgan fingerprint density at radius 2 is 1.57 bits per heavy atom. The number of rotatable bonds is 3. The van der Waals surface area contributed by atoms with Crippen LogP contribution in [0.4, 0.5) is 10.1 Å². The van der Waals surface area contributed by atoms with E-state index in [1.807, 2.05) is 12.1 Å². The van der Waals surface area contributed by atoms with E-state index >= 15 is 0 Å². The second-order valence-corrected chi connectivity index (χ2v) is 5.20. The van der Waals surface area contributed by atoms with Crippen molar-refractivity contribution in [2.45, 2.75) is 0 Å². The third kappa shape index (κ3) is 3.70. The maximum atomic E-state index is 12.8. The number of hydrogen-bond acceptors (Lipinski definition) is 3. The molecule has 1 N–H and O–H groups in total. The normalized spacial score (nSPS) is 10.3. The highest BCUT2D eigenvalue weighted by Gasteiger charge is 2.07. The number of nitrogens with zero attached hydrogens (tertiary/aromatic N) is 2. The summed E-state index contributed by atoms with van der Waals surface area (Å²) in [5.74, 6) is -0.216. The Bertz CT molecular complexity index is 818. The second-order valence-electron chi connectivity index (χ2n) is 4.76. The molecule has 0 unspecified atom stereocenters. The van der Waals surface area contributed by atoms with Crippen LogP contribution >= 0.6 is 11.6 Å². The van der Waals surface area contributed by atoms with Crippen LogP contribution < -0.4 is 5.32 Å². The van der Waals surface area contributed by atoms with Crippen molar-refractivity contribution >= 4 is 23.2 Å². The van der Waals surface area contributed by atoms with Crippen molar-refractivity contribution in [2.24, 2.45) is 0 Å². The minimum atomic E-state index is -0.391. The van der Waals surface area contributed by atoms with Crippen LogP contribution in [0.15, 0.2) is 60.9 Å².